The van der Waals surface area contributed by atoms with E-state index in [1.807, 2.05) is 12.1 Å². The number of nitrogens with zero attached hydrogens (tertiary/aromatic N) is 1. The van der Waals surface area contributed by atoms with Crippen LogP contribution < -0.4 is 5.32 Å². The fraction of sp³-hybridized carbons (Fsp3) is 0.667. The summed E-state index contributed by atoms with van der Waals surface area (Å²) in [6.45, 7) is 5.66. The summed E-state index contributed by atoms with van der Waals surface area (Å²) in [4.78, 5) is 14.7. The molecule has 5 heteroatoms. The molecule has 1 spiro atoms. The van der Waals surface area contributed by atoms with E-state index in [1.165, 1.54) is 11.1 Å². The Hall–Kier alpha value is -1.43. The highest BCUT2D eigenvalue weighted by atomic mass is 16.5. The van der Waals surface area contributed by atoms with Gasteiger partial charge in [0.2, 0.25) is 5.91 Å². The molecule has 3 aliphatic heterocycles. The number of aliphatic hydroxyl groups excluding tert-OH is 1. The molecule has 4 rings (SSSR count). The third-order valence-corrected chi connectivity index (χ3v) is 6.69. The molecule has 5 nitrogen and oxygen atoms in total. The monoisotopic (exact) mass is 358 g/mol. The molecule has 3 fully saturated rings. The van der Waals surface area contributed by atoms with Crippen LogP contribution >= 0.6 is 0 Å². The van der Waals surface area contributed by atoms with E-state index in [1.54, 1.807) is 0 Å². The van der Waals surface area contributed by atoms with Crippen molar-refractivity contribution in [1.29, 1.82) is 0 Å². The third kappa shape index (κ3) is 3.28. The molecule has 4 atom stereocenters. The molecular weight excluding hydrogens is 328 g/mol. The minimum atomic E-state index is -0.0175. The lowest BCUT2D eigenvalue weighted by Gasteiger charge is -2.29. The van der Waals surface area contributed by atoms with Gasteiger partial charge in [0.15, 0.2) is 0 Å². The Morgan fingerprint density at radius 1 is 1.42 bits per heavy atom. The van der Waals surface area contributed by atoms with E-state index >= 15 is 0 Å². The zero-order valence-electron chi connectivity index (χ0n) is 15.6. The Labute approximate surface area is 155 Å². The van der Waals surface area contributed by atoms with E-state index < -0.39 is 0 Å². The third-order valence-electron chi connectivity index (χ3n) is 6.69. The number of hydrogen-bond acceptors (Lipinski definition) is 4. The van der Waals surface area contributed by atoms with E-state index in [0.717, 1.165) is 45.4 Å². The number of likely N-dealkylation sites (tertiary alicyclic amines) is 1. The van der Waals surface area contributed by atoms with Gasteiger partial charge < -0.3 is 15.2 Å². The number of aliphatic hydroxyl groups is 1. The Morgan fingerprint density at radius 2 is 2.27 bits per heavy atom. The lowest BCUT2D eigenvalue weighted by atomic mass is 9.73. The van der Waals surface area contributed by atoms with E-state index in [4.69, 9.17) is 4.74 Å². The Kier molecular flexibility index (Phi) is 5.04. The number of rotatable bonds is 7. The SMILES string of the molecule is Cc1ccccc1CCC(=O)NC[C@H]1[C@H]2CN(CCO)C[C@]23CC[C@H]1O3. The molecule has 0 unspecified atom stereocenters. The average molecular weight is 358 g/mol. The summed E-state index contributed by atoms with van der Waals surface area (Å²) in [5.41, 5.74) is 2.48. The number of benzene rings is 1. The van der Waals surface area contributed by atoms with Crippen LogP contribution in [0.1, 0.15) is 30.4 Å². The van der Waals surface area contributed by atoms with Crippen molar-refractivity contribution in [3.63, 3.8) is 0 Å². The van der Waals surface area contributed by atoms with Gasteiger partial charge in [0.05, 0.1) is 18.3 Å². The van der Waals surface area contributed by atoms with Crippen LogP contribution in [-0.2, 0) is 16.0 Å². The predicted molar refractivity (Wildman–Crippen MR) is 99.9 cm³/mol. The van der Waals surface area contributed by atoms with Crippen molar-refractivity contribution in [2.75, 3.05) is 32.8 Å². The van der Waals surface area contributed by atoms with Crippen molar-refractivity contribution in [3.05, 3.63) is 35.4 Å². The Morgan fingerprint density at radius 3 is 3.08 bits per heavy atom. The Bertz CT molecular complexity index is 664. The summed E-state index contributed by atoms with van der Waals surface area (Å²) in [5, 5.41) is 12.4. The van der Waals surface area contributed by atoms with Crippen molar-refractivity contribution in [2.45, 2.75) is 44.3 Å². The fourth-order valence-corrected chi connectivity index (χ4v) is 5.33. The van der Waals surface area contributed by atoms with Gasteiger partial charge in [0.25, 0.3) is 0 Å². The number of ether oxygens (including phenoxy) is 1. The van der Waals surface area contributed by atoms with E-state index in [9.17, 15) is 9.90 Å². The zero-order chi connectivity index (χ0) is 18.1. The highest BCUT2D eigenvalue weighted by molar-refractivity contribution is 5.76. The van der Waals surface area contributed by atoms with Gasteiger partial charge in [0.1, 0.15) is 0 Å². The second-order valence-electron chi connectivity index (χ2n) is 8.22. The van der Waals surface area contributed by atoms with Crippen molar-refractivity contribution in [2.24, 2.45) is 11.8 Å². The molecule has 0 saturated carbocycles. The lowest BCUT2D eigenvalue weighted by molar-refractivity contribution is -0.121. The molecule has 1 amide bonds. The second-order valence-corrected chi connectivity index (χ2v) is 8.22. The summed E-state index contributed by atoms with van der Waals surface area (Å²) in [6.07, 6.45) is 3.86. The molecule has 26 heavy (non-hydrogen) atoms. The number of nitrogens with one attached hydrogen (secondary N) is 1. The van der Waals surface area contributed by atoms with E-state index in [-0.39, 0.29) is 18.1 Å². The van der Waals surface area contributed by atoms with Crippen LogP contribution in [0.15, 0.2) is 24.3 Å². The summed E-state index contributed by atoms with van der Waals surface area (Å²) in [6, 6.07) is 8.26. The van der Waals surface area contributed by atoms with Crippen LogP contribution in [0.3, 0.4) is 0 Å². The summed E-state index contributed by atoms with van der Waals surface area (Å²) < 4.78 is 6.38. The number of fused-ring (bicyclic) bond motifs is 1. The highest BCUT2D eigenvalue weighted by Crippen LogP contribution is 2.54. The topological polar surface area (TPSA) is 61.8 Å². The van der Waals surface area contributed by atoms with Crippen LogP contribution in [0.25, 0.3) is 0 Å². The van der Waals surface area contributed by atoms with Gasteiger partial charge in [-0.3, -0.25) is 9.69 Å². The Balaban J connectivity index is 1.29. The smallest absolute Gasteiger partial charge is 0.220 e. The predicted octanol–water partition coefficient (Wildman–Crippen LogP) is 1.52. The molecule has 3 saturated heterocycles. The van der Waals surface area contributed by atoms with Crippen LogP contribution in [0.5, 0.6) is 0 Å². The molecule has 0 radical (unpaired) electrons. The van der Waals surface area contributed by atoms with Gasteiger partial charge in [-0.2, -0.15) is 0 Å². The molecule has 0 aromatic heterocycles. The minimum absolute atomic E-state index is 0.0175. The van der Waals surface area contributed by atoms with Gasteiger partial charge in [-0.05, 0) is 37.3 Å². The van der Waals surface area contributed by atoms with Crippen LogP contribution in [0.4, 0.5) is 0 Å². The minimum Gasteiger partial charge on any atom is -0.395 e. The van der Waals surface area contributed by atoms with Gasteiger partial charge in [0, 0.05) is 44.4 Å². The first-order valence-corrected chi connectivity index (χ1v) is 9.93. The zero-order valence-corrected chi connectivity index (χ0v) is 15.6. The summed E-state index contributed by atoms with van der Waals surface area (Å²) >= 11 is 0. The number of β-amino-alcohol motifs (C(OH)–C–C–N with tert-alkyl or cyclic N) is 1. The fourth-order valence-electron chi connectivity index (χ4n) is 5.33. The summed E-state index contributed by atoms with van der Waals surface area (Å²) in [7, 11) is 0. The first-order valence-electron chi connectivity index (χ1n) is 9.93. The first kappa shape index (κ1) is 18.0. The van der Waals surface area contributed by atoms with Gasteiger partial charge in [-0.1, -0.05) is 24.3 Å². The molecule has 2 N–H and O–H groups in total. The molecule has 0 aliphatic carbocycles. The van der Waals surface area contributed by atoms with Crippen molar-refractivity contribution < 1.29 is 14.6 Å². The number of aryl methyl sites for hydroxylation is 2. The van der Waals surface area contributed by atoms with E-state index in [0.29, 0.717) is 24.4 Å². The van der Waals surface area contributed by atoms with Gasteiger partial charge >= 0.3 is 0 Å². The quantitative estimate of drug-likeness (QED) is 0.776. The molecule has 1 aromatic carbocycles. The maximum atomic E-state index is 12.4. The normalized spacial score (nSPS) is 32.8. The van der Waals surface area contributed by atoms with Crippen LogP contribution in [-0.4, -0.2) is 60.4 Å². The van der Waals surface area contributed by atoms with Crippen LogP contribution in [0.2, 0.25) is 0 Å². The number of carbonyl (C=O) groups is 1. The largest absolute Gasteiger partial charge is 0.395 e. The first-order chi connectivity index (χ1) is 12.6. The molecule has 3 heterocycles. The van der Waals surface area contributed by atoms with Gasteiger partial charge in [-0.25, -0.2) is 0 Å². The maximum absolute atomic E-state index is 12.4. The lowest BCUT2D eigenvalue weighted by Crippen LogP contribution is -2.41. The molecule has 2 bridgehead atoms. The second kappa shape index (κ2) is 7.29. The molecular formula is C21H30N2O3. The summed E-state index contributed by atoms with van der Waals surface area (Å²) in [5.74, 6) is 1.04. The molecule has 3 aliphatic rings. The number of amides is 1. The van der Waals surface area contributed by atoms with Crippen molar-refractivity contribution in [1.82, 2.24) is 10.2 Å². The molecule has 142 valence electrons. The number of carbonyl (C=O) groups excluding carboxylic acids is 1. The highest BCUT2D eigenvalue weighted by Gasteiger charge is 2.62. The van der Waals surface area contributed by atoms with E-state index in [2.05, 4.69) is 29.3 Å². The standard InChI is InChI=1S/C21H30N2O3/c1-15-4-2-3-5-16(15)6-7-20(25)22-12-17-18-13-23(10-11-24)14-21(18)9-8-19(17)26-21/h2-5,17-19,24H,6-14H2,1H3,(H,22,25)/t17-,18+,19+,21+/m0/s1. The van der Waals surface area contributed by atoms with Crippen LogP contribution in [0, 0.1) is 18.8 Å². The van der Waals surface area contributed by atoms with Crippen molar-refractivity contribution >= 4 is 5.91 Å². The number of hydrogen-bond donors (Lipinski definition) is 2. The maximum Gasteiger partial charge on any atom is 0.220 e. The van der Waals surface area contributed by atoms with Gasteiger partial charge in [-0.15, -0.1) is 0 Å². The van der Waals surface area contributed by atoms with Crippen molar-refractivity contribution in [3.8, 4) is 0 Å². The average Bonchev–Trinajstić information content (AvgIpc) is 3.27. The molecule has 1 aromatic rings.